The van der Waals surface area contributed by atoms with Crippen LogP contribution in [0.4, 0.5) is 0 Å². The molecule has 6 nitrogen and oxygen atoms in total. The number of fused-ring (bicyclic) bond motifs is 2. The van der Waals surface area contributed by atoms with E-state index in [1.165, 1.54) is 28.4 Å². The summed E-state index contributed by atoms with van der Waals surface area (Å²) in [7, 11) is -1.96. The maximum absolute atomic E-state index is 13.7. The Morgan fingerprint density at radius 1 is 0.500 bits per heavy atom. The Bertz CT molecular complexity index is 1270. The number of hydrogen-bond acceptors (Lipinski definition) is 6. The van der Waals surface area contributed by atoms with Gasteiger partial charge in [-0.2, -0.15) is 0 Å². The number of benzene rings is 4. The van der Waals surface area contributed by atoms with Gasteiger partial charge in [0.1, 0.15) is 0 Å². The van der Waals surface area contributed by atoms with Crippen molar-refractivity contribution >= 4 is 47.3 Å². The first-order valence-electron chi connectivity index (χ1n) is 9.90. The molecule has 0 aliphatic carbocycles. The van der Waals surface area contributed by atoms with Crippen molar-refractivity contribution in [2.75, 3.05) is 28.4 Å². The molecule has 0 saturated heterocycles. The second-order valence-electron chi connectivity index (χ2n) is 7.09. The molecule has 0 atom stereocenters. The minimum Gasteiger partial charge on any atom is -0.309 e. The molecule has 0 amide bonds. The summed E-state index contributed by atoms with van der Waals surface area (Å²) >= 11 is 0. The highest BCUT2D eigenvalue weighted by Gasteiger charge is 2.35. The molecule has 4 rings (SSSR count). The Morgan fingerprint density at radius 2 is 0.844 bits per heavy atom. The Balaban J connectivity index is 2.29. The lowest BCUT2D eigenvalue weighted by atomic mass is 9.94. The van der Waals surface area contributed by atoms with Crippen LogP contribution in [0.3, 0.4) is 0 Å². The lowest BCUT2D eigenvalue weighted by molar-refractivity contribution is 0.286. The van der Waals surface area contributed by atoms with E-state index in [0.29, 0.717) is 21.7 Å². The number of rotatable bonds is 7. The van der Waals surface area contributed by atoms with Gasteiger partial charge in [-0.05, 0) is 33.7 Å². The first kappa shape index (κ1) is 22.9. The summed E-state index contributed by atoms with van der Waals surface area (Å²) in [6.07, 6.45) is 0. The fraction of sp³-hybridized carbons (Fsp3) is 0.167. The molecule has 0 spiro atoms. The van der Waals surface area contributed by atoms with Crippen molar-refractivity contribution in [3.63, 3.8) is 0 Å². The molecule has 0 unspecified atom stereocenters. The predicted molar refractivity (Wildman–Crippen MR) is 129 cm³/mol. The van der Waals surface area contributed by atoms with Gasteiger partial charge in [-0.15, -0.1) is 0 Å². The second kappa shape index (κ2) is 8.92. The average Bonchev–Trinajstić information content (AvgIpc) is 2.86. The molecule has 4 aromatic carbocycles. The van der Waals surface area contributed by atoms with E-state index >= 15 is 0 Å². The van der Waals surface area contributed by atoms with E-state index in [1.807, 2.05) is 60.7 Å². The highest BCUT2D eigenvalue weighted by Crippen LogP contribution is 2.53. The summed E-state index contributed by atoms with van der Waals surface area (Å²) in [5.74, 6) is 0. The van der Waals surface area contributed by atoms with Crippen molar-refractivity contribution in [2.24, 2.45) is 0 Å². The SMILES string of the molecule is COP(=O)(OC)c1ccc2ccccc2c1-c1c(P(=O)(OC)OC)ccc2ccccc12. The minimum absolute atomic E-state index is 0.373. The summed E-state index contributed by atoms with van der Waals surface area (Å²) < 4.78 is 48.8. The van der Waals surface area contributed by atoms with Crippen LogP contribution in [-0.2, 0) is 27.2 Å². The molecule has 0 fully saturated rings. The molecule has 166 valence electrons. The molecular formula is C24H24O6P2. The fourth-order valence-electron chi connectivity index (χ4n) is 4.04. The molecular weight excluding hydrogens is 446 g/mol. The van der Waals surface area contributed by atoms with Crippen molar-refractivity contribution in [3.8, 4) is 11.1 Å². The van der Waals surface area contributed by atoms with Gasteiger partial charge in [0.15, 0.2) is 0 Å². The van der Waals surface area contributed by atoms with Gasteiger partial charge in [-0.3, -0.25) is 9.13 Å². The molecule has 32 heavy (non-hydrogen) atoms. The van der Waals surface area contributed by atoms with E-state index in [-0.39, 0.29) is 0 Å². The molecule has 0 aromatic heterocycles. The molecule has 8 heteroatoms. The van der Waals surface area contributed by atoms with Crippen LogP contribution >= 0.6 is 15.2 Å². The summed E-state index contributed by atoms with van der Waals surface area (Å²) in [6, 6.07) is 22.7. The van der Waals surface area contributed by atoms with Crippen molar-refractivity contribution in [3.05, 3.63) is 72.8 Å². The Hall–Kier alpha value is -2.30. The van der Waals surface area contributed by atoms with Crippen LogP contribution in [0.15, 0.2) is 72.8 Å². The molecule has 0 aliphatic heterocycles. The first-order valence-corrected chi connectivity index (χ1v) is 13.0. The highest BCUT2D eigenvalue weighted by molar-refractivity contribution is 7.63. The Labute approximate surface area is 187 Å². The van der Waals surface area contributed by atoms with Crippen LogP contribution in [-0.4, -0.2) is 28.4 Å². The van der Waals surface area contributed by atoms with Crippen LogP contribution in [0.25, 0.3) is 32.7 Å². The van der Waals surface area contributed by atoms with Crippen LogP contribution in [0.2, 0.25) is 0 Å². The molecule has 0 heterocycles. The normalized spacial score (nSPS) is 12.5. The largest absolute Gasteiger partial charge is 0.361 e. The third kappa shape index (κ3) is 3.64. The summed E-state index contributed by atoms with van der Waals surface area (Å²) in [5.41, 5.74) is 1.22. The van der Waals surface area contributed by atoms with Gasteiger partial charge in [-0.25, -0.2) is 0 Å². The molecule has 0 N–H and O–H groups in total. The summed E-state index contributed by atoms with van der Waals surface area (Å²) in [4.78, 5) is 0. The van der Waals surface area contributed by atoms with Crippen molar-refractivity contribution in [1.29, 1.82) is 0 Å². The van der Waals surface area contributed by atoms with Crippen LogP contribution in [0.5, 0.6) is 0 Å². The standard InChI is InChI=1S/C24H24O6P2/c1-27-31(25,28-2)21-15-13-17-9-5-7-11-19(17)23(21)24-20-12-8-6-10-18(20)14-16-22(24)32(26,29-3)30-4/h5-16H,1-4H3. The van der Waals surface area contributed by atoms with Gasteiger partial charge < -0.3 is 18.1 Å². The molecule has 0 aliphatic rings. The second-order valence-corrected chi connectivity index (χ2v) is 11.5. The first-order chi connectivity index (χ1) is 15.4. The topological polar surface area (TPSA) is 71.1 Å². The van der Waals surface area contributed by atoms with Gasteiger partial charge in [0.05, 0.1) is 10.6 Å². The molecule has 0 bridgehead atoms. The van der Waals surface area contributed by atoms with E-state index in [4.69, 9.17) is 18.1 Å². The fourth-order valence-corrected chi connectivity index (χ4v) is 6.66. The zero-order valence-corrected chi connectivity index (χ0v) is 20.1. The molecule has 0 saturated carbocycles. The van der Waals surface area contributed by atoms with Crippen LogP contribution in [0.1, 0.15) is 0 Å². The van der Waals surface area contributed by atoms with Gasteiger partial charge in [0.2, 0.25) is 0 Å². The smallest absolute Gasteiger partial charge is 0.309 e. The minimum atomic E-state index is -3.68. The van der Waals surface area contributed by atoms with E-state index in [2.05, 4.69) is 0 Å². The van der Waals surface area contributed by atoms with Gasteiger partial charge in [-0.1, -0.05) is 60.7 Å². The Kier molecular flexibility index (Phi) is 6.37. The summed E-state index contributed by atoms with van der Waals surface area (Å²) in [6.45, 7) is 0. The van der Waals surface area contributed by atoms with Gasteiger partial charge in [0, 0.05) is 39.6 Å². The van der Waals surface area contributed by atoms with Crippen LogP contribution < -0.4 is 10.6 Å². The number of hydrogen-bond donors (Lipinski definition) is 0. The van der Waals surface area contributed by atoms with E-state index in [9.17, 15) is 9.13 Å². The van der Waals surface area contributed by atoms with Crippen molar-refractivity contribution in [2.45, 2.75) is 0 Å². The third-order valence-corrected chi connectivity index (χ3v) is 9.46. The van der Waals surface area contributed by atoms with Gasteiger partial charge >= 0.3 is 15.2 Å². The zero-order valence-electron chi connectivity index (χ0n) is 18.3. The molecule has 4 aromatic rings. The third-order valence-electron chi connectivity index (χ3n) is 5.62. The van der Waals surface area contributed by atoms with E-state index < -0.39 is 15.2 Å². The predicted octanol–water partition coefficient (Wildman–Crippen LogP) is 5.88. The van der Waals surface area contributed by atoms with Crippen LogP contribution in [0, 0.1) is 0 Å². The zero-order chi connectivity index (χ0) is 22.9. The van der Waals surface area contributed by atoms with E-state index in [1.54, 1.807) is 12.1 Å². The highest BCUT2D eigenvalue weighted by atomic mass is 31.2. The average molecular weight is 470 g/mol. The molecule has 0 radical (unpaired) electrons. The monoisotopic (exact) mass is 470 g/mol. The quantitative estimate of drug-likeness (QED) is 0.314. The maximum atomic E-state index is 13.7. The van der Waals surface area contributed by atoms with Gasteiger partial charge in [0.25, 0.3) is 0 Å². The van der Waals surface area contributed by atoms with E-state index in [0.717, 1.165) is 21.5 Å². The lowest BCUT2D eigenvalue weighted by Crippen LogP contribution is -2.18. The van der Waals surface area contributed by atoms with Crippen molar-refractivity contribution in [1.82, 2.24) is 0 Å². The van der Waals surface area contributed by atoms with Crippen molar-refractivity contribution < 1.29 is 27.2 Å². The lowest BCUT2D eigenvalue weighted by Gasteiger charge is -2.24. The summed E-state index contributed by atoms with van der Waals surface area (Å²) in [5, 5.41) is 4.23. The Morgan fingerprint density at radius 3 is 1.19 bits per heavy atom. The maximum Gasteiger partial charge on any atom is 0.361 e.